The van der Waals surface area contributed by atoms with Gasteiger partial charge in [-0.05, 0) is 48.9 Å². The van der Waals surface area contributed by atoms with Gasteiger partial charge in [-0.3, -0.25) is 0 Å². The van der Waals surface area contributed by atoms with Crippen molar-refractivity contribution in [2.24, 2.45) is 5.14 Å². The van der Waals surface area contributed by atoms with Crippen LogP contribution in [0.2, 0.25) is 0 Å². The molecule has 0 unspecified atom stereocenters. The summed E-state index contributed by atoms with van der Waals surface area (Å²) in [4.78, 5) is -0.331. The topological polar surface area (TPSA) is 87.2 Å². The van der Waals surface area contributed by atoms with E-state index in [9.17, 15) is 21.6 Å². The molecule has 3 aromatic rings. The first-order valence-electron chi connectivity index (χ1n) is 9.14. The molecule has 0 aliphatic heterocycles. The van der Waals surface area contributed by atoms with Crippen LogP contribution in [0.15, 0.2) is 59.5 Å². The Morgan fingerprint density at radius 3 is 2.37 bits per heavy atom. The van der Waals surface area contributed by atoms with Crippen molar-refractivity contribution in [1.29, 1.82) is 0 Å². The minimum Gasteiger partial charge on any atom is -0.494 e. The predicted octanol–water partition coefficient (Wildman–Crippen LogP) is 4.38. The van der Waals surface area contributed by atoms with Gasteiger partial charge in [0, 0.05) is 5.56 Å². The number of rotatable bonds is 7. The molecule has 2 aromatic carbocycles. The normalized spacial score (nSPS) is 12.2. The van der Waals surface area contributed by atoms with Gasteiger partial charge in [0.05, 0.1) is 18.0 Å². The quantitative estimate of drug-likeness (QED) is 0.554. The van der Waals surface area contributed by atoms with Crippen molar-refractivity contribution < 1.29 is 26.3 Å². The first kappa shape index (κ1) is 21.8. The second-order valence-electron chi connectivity index (χ2n) is 6.56. The molecule has 160 valence electrons. The zero-order valence-corrected chi connectivity index (χ0v) is 16.9. The van der Waals surface area contributed by atoms with Gasteiger partial charge in [0.25, 0.3) is 0 Å². The zero-order valence-electron chi connectivity index (χ0n) is 16.1. The van der Waals surface area contributed by atoms with Gasteiger partial charge < -0.3 is 4.74 Å². The van der Waals surface area contributed by atoms with Crippen LogP contribution < -0.4 is 9.88 Å². The molecule has 0 aliphatic carbocycles. The lowest BCUT2D eigenvalue weighted by molar-refractivity contribution is -0.141. The van der Waals surface area contributed by atoms with Crippen LogP contribution in [-0.2, 0) is 16.2 Å². The summed E-state index contributed by atoms with van der Waals surface area (Å²) in [6, 6.07) is 12.8. The van der Waals surface area contributed by atoms with E-state index in [4.69, 9.17) is 9.88 Å². The van der Waals surface area contributed by atoms with Gasteiger partial charge in [-0.25, -0.2) is 18.2 Å². The fourth-order valence-corrected chi connectivity index (χ4v) is 3.55. The van der Waals surface area contributed by atoms with Crippen molar-refractivity contribution in [3.8, 4) is 22.7 Å². The summed E-state index contributed by atoms with van der Waals surface area (Å²) in [5.74, 6) is 0.583. The summed E-state index contributed by atoms with van der Waals surface area (Å²) < 4.78 is 70.4. The molecule has 0 aliphatic rings. The summed E-state index contributed by atoms with van der Waals surface area (Å²) in [6.07, 6.45) is -2.85. The van der Waals surface area contributed by atoms with Crippen LogP contribution in [-0.4, -0.2) is 24.8 Å². The number of para-hydroxylation sites is 1. The molecule has 0 spiro atoms. The molecule has 10 heteroatoms. The largest absolute Gasteiger partial charge is 0.494 e. The standard InChI is InChI=1S/C20H20F3N3O3S/c1-2-3-12-29-15-10-8-14(9-11-15)17-13-19(20(21,22)23)25-26(17)16-6-4-5-7-18(16)30(24,27)28/h4-11,13H,2-3,12H2,1H3,(H2,24,27,28). The molecule has 6 nitrogen and oxygen atoms in total. The molecular weight excluding hydrogens is 419 g/mol. The fraction of sp³-hybridized carbons (Fsp3) is 0.250. The minimum absolute atomic E-state index is 0.0681. The lowest BCUT2D eigenvalue weighted by Gasteiger charge is -2.12. The summed E-state index contributed by atoms with van der Waals surface area (Å²) in [5, 5.41) is 8.87. The summed E-state index contributed by atoms with van der Waals surface area (Å²) in [7, 11) is -4.19. The van der Waals surface area contributed by atoms with Crippen LogP contribution >= 0.6 is 0 Å². The molecule has 3 rings (SSSR count). The Morgan fingerprint density at radius 2 is 1.77 bits per heavy atom. The van der Waals surface area contributed by atoms with Crippen LogP contribution in [0.3, 0.4) is 0 Å². The summed E-state index contributed by atoms with van der Waals surface area (Å²) >= 11 is 0. The van der Waals surface area contributed by atoms with Crippen LogP contribution in [0.5, 0.6) is 5.75 Å². The predicted molar refractivity (Wildman–Crippen MR) is 106 cm³/mol. The van der Waals surface area contributed by atoms with E-state index in [1.54, 1.807) is 24.3 Å². The van der Waals surface area contributed by atoms with Crippen molar-refractivity contribution in [3.05, 3.63) is 60.3 Å². The minimum atomic E-state index is -4.71. The van der Waals surface area contributed by atoms with Crippen LogP contribution in [0.25, 0.3) is 16.9 Å². The fourth-order valence-electron chi connectivity index (χ4n) is 2.84. The van der Waals surface area contributed by atoms with Crippen LogP contribution in [0.1, 0.15) is 25.5 Å². The van der Waals surface area contributed by atoms with Crippen molar-refractivity contribution in [2.75, 3.05) is 6.61 Å². The van der Waals surface area contributed by atoms with Crippen LogP contribution in [0.4, 0.5) is 13.2 Å². The van der Waals surface area contributed by atoms with Gasteiger partial charge in [-0.2, -0.15) is 18.3 Å². The number of nitrogens with two attached hydrogens (primary N) is 1. The molecular formula is C20H20F3N3O3S. The Hall–Kier alpha value is -2.85. The maximum Gasteiger partial charge on any atom is 0.435 e. The zero-order chi connectivity index (χ0) is 21.9. The Labute approximate surface area is 172 Å². The Morgan fingerprint density at radius 1 is 1.10 bits per heavy atom. The molecule has 0 amide bonds. The molecule has 0 fully saturated rings. The van der Waals surface area contributed by atoms with E-state index < -0.39 is 21.9 Å². The highest BCUT2D eigenvalue weighted by atomic mass is 32.2. The molecule has 30 heavy (non-hydrogen) atoms. The van der Waals surface area contributed by atoms with E-state index in [2.05, 4.69) is 5.10 Å². The molecule has 1 heterocycles. The number of unbranched alkanes of at least 4 members (excludes halogenated alkanes) is 1. The average Bonchev–Trinajstić information content (AvgIpc) is 3.14. The number of alkyl halides is 3. The number of sulfonamides is 1. The summed E-state index contributed by atoms with van der Waals surface area (Å²) in [5.41, 5.74) is -0.748. The number of nitrogens with zero attached hydrogens (tertiary/aromatic N) is 2. The monoisotopic (exact) mass is 439 g/mol. The molecule has 0 atom stereocenters. The second kappa shape index (κ2) is 8.49. The number of halogens is 3. The third-order valence-corrected chi connectivity index (χ3v) is 5.27. The van der Waals surface area contributed by atoms with E-state index in [1.807, 2.05) is 6.92 Å². The van der Waals surface area contributed by atoms with E-state index >= 15 is 0 Å². The number of primary sulfonamides is 1. The van der Waals surface area contributed by atoms with Crippen molar-refractivity contribution in [3.63, 3.8) is 0 Å². The highest BCUT2D eigenvalue weighted by Crippen LogP contribution is 2.34. The third-order valence-electron chi connectivity index (χ3n) is 4.32. The van der Waals surface area contributed by atoms with Crippen molar-refractivity contribution >= 4 is 10.0 Å². The first-order chi connectivity index (χ1) is 14.1. The van der Waals surface area contributed by atoms with Crippen molar-refractivity contribution in [1.82, 2.24) is 9.78 Å². The first-order valence-corrected chi connectivity index (χ1v) is 10.7. The Bertz CT molecular complexity index is 1120. The number of hydrogen-bond donors (Lipinski definition) is 1. The second-order valence-corrected chi connectivity index (χ2v) is 8.09. The highest BCUT2D eigenvalue weighted by Gasteiger charge is 2.35. The molecule has 1 aromatic heterocycles. The van der Waals surface area contributed by atoms with E-state index in [1.165, 1.54) is 24.3 Å². The molecule has 2 N–H and O–H groups in total. The van der Waals surface area contributed by atoms with Gasteiger partial charge in [0.15, 0.2) is 5.69 Å². The maximum atomic E-state index is 13.3. The average molecular weight is 439 g/mol. The number of benzene rings is 2. The van der Waals surface area contributed by atoms with E-state index in [0.29, 0.717) is 17.9 Å². The third kappa shape index (κ3) is 4.82. The molecule has 0 saturated carbocycles. The smallest absolute Gasteiger partial charge is 0.435 e. The number of ether oxygens (including phenoxy) is 1. The maximum absolute atomic E-state index is 13.3. The molecule has 0 saturated heterocycles. The number of aromatic nitrogens is 2. The van der Waals surface area contributed by atoms with E-state index in [-0.39, 0.29) is 16.3 Å². The molecule has 0 radical (unpaired) electrons. The lowest BCUT2D eigenvalue weighted by atomic mass is 10.1. The van der Waals surface area contributed by atoms with E-state index in [0.717, 1.165) is 23.6 Å². The van der Waals surface area contributed by atoms with Gasteiger partial charge >= 0.3 is 6.18 Å². The Kier molecular flexibility index (Phi) is 6.18. The Balaban J connectivity index is 2.11. The SMILES string of the molecule is CCCCOc1ccc(-c2cc(C(F)(F)F)nn2-c2ccccc2S(N)(=O)=O)cc1. The van der Waals surface area contributed by atoms with Gasteiger partial charge in [0.1, 0.15) is 10.6 Å². The summed E-state index contributed by atoms with van der Waals surface area (Å²) in [6.45, 7) is 2.57. The number of hydrogen-bond acceptors (Lipinski definition) is 4. The van der Waals surface area contributed by atoms with Gasteiger partial charge in [-0.15, -0.1) is 0 Å². The highest BCUT2D eigenvalue weighted by molar-refractivity contribution is 7.89. The lowest BCUT2D eigenvalue weighted by Crippen LogP contribution is -2.16. The van der Waals surface area contributed by atoms with Crippen LogP contribution in [0, 0.1) is 0 Å². The van der Waals surface area contributed by atoms with Crippen molar-refractivity contribution in [2.45, 2.75) is 30.8 Å². The molecule has 0 bridgehead atoms. The van der Waals surface area contributed by atoms with Gasteiger partial charge in [0.2, 0.25) is 10.0 Å². The van der Waals surface area contributed by atoms with Gasteiger partial charge in [-0.1, -0.05) is 25.5 Å².